The van der Waals surface area contributed by atoms with Gasteiger partial charge in [-0.05, 0) is 41.0 Å². The van der Waals surface area contributed by atoms with Crippen molar-refractivity contribution in [3.05, 3.63) is 0 Å². The fraction of sp³-hybridized carbons (Fsp3) is 0.959. The minimum atomic E-state index is -0.915. The zero-order valence-corrected chi connectivity index (χ0v) is 39.2. The molecule has 1 unspecified atom stereocenters. The zero-order valence-electron chi connectivity index (χ0n) is 39.2. The maximum Gasteiger partial charge on any atom is 0.322 e. The highest BCUT2D eigenvalue weighted by Gasteiger charge is 2.49. The number of hydrogen-bond donors (Lipinski definition) is 0. The Morgan fingerprint density at radius 3 is 1.09 bits per heavy atom. The molecule has 1 rings (SSSR count). The van der Waals surface area contributed by atoms with Crippen LogP contribution in [0.1, 0.15) is 219 Å². The van der Waals surface area contributed by atoms with Crippen molar-refractivity contribution in [1.82, 2.24) is 9.80 Å². The van der Waals surface area contributed by atoms with Gasteiger partial charge in [0.1, 0.15) is 24.9 Å². The second kappa shape index (κ2) is 39.9. The zero-order chi connectivity index (χ0) is 42.3. The quantitative estimate of drug-likeness (QED) is 0.0440. The lowest BCUT2D eigenvalue weighted by Gasteiger charge is -2.25. The summed E-state index contributed by atoms with van der Waals surface area (Å²) >= 11 is 0. The SMILES string of the molecule is CCCCCCCCCCCCCCCCCCOC1[C@@H](COC(=O)CN(C)C)O[C@@H](OC(=O)CN(C)C)[C@H]1OCCCCCCCCCCCCCCCCCC. The van der Waals surface area contributed by atoms with Crippen LogP contribution in [0, 0.1) is 0 Å². The van der Waals surface area contributed by atoms with Gasteiger partial charge in [0.05, 0.1) is 13.1 Å². The molecule has 4 atom stereocenters. The summed E-state index contributed by atoms with van der Waals surface area (Å²) in [4.78, 5) is 28.8. The molecule has 1 heterocycles. The molecule has 0 aromatic heterocycles. The highest BCUT2D eigenvalue weighted by atomic mass is 16.7. The molecule has 1 saturated heterocycles. The van der Waals surface area contributed by atoms with Gasteiger partial charge < -0.3 is 23.7 Å². The van der Waals surface area contributed by atoms with Crippen LogP contribution in [-0.4, -0.2) is 107 Å². The Kier molecular flexibility index (Phi) is 37.6. The van der Waals surface area contributed by atoms with Crippen molar-refractivity contribution in [3.63, 3.8) is 0 Å². The lowest BCUT2D eigenvalue weighted by Crippen LogP contribution is -2.41. The first-order valence-electron chi connectivity index (χ1n) is 24.8. The minimum absolute atomic E-state index is 0.0247. The number of esters is 2. The number of ether oxygens (including phenoxy) is 5. The van der Waals surface area contributed by atoms with E-state index in [0.29, 0.717) is 13.2 Å². The lowest BCUT2D eigenvalue weighted by atomic mass is 10.0. The average Bonchev–Trinajstić information content (AvgIpc) is 3.50. The van der Waals surface area contributed by atoms with Crippen LogP contribution in [0.25, 0.3) is 0 Å². The van der Waals surface area contributed by atoms with Gasteiger partial charge in [0.25, 0.3) is 0 Å². The molecule has 1 aliphatic heterocycles. The average molecular weight is 825 g/mol. The molecule has 0 radical (unpaired) electrons. The number of rotatable bonds is 43. The van der Waals surface area contributed by atoms with Gasteiger partial charge in [-0.3, -0.25) is 19.4 Å². The van der Waals surface area contributed by atoms with Crippen LogP contribution < -0.4 is 0 Å². The third kappa shape index (κ3) is 32.5. The van der Waals surface area contributed by atoms with Crippen molar-refractivity contribution in [2.24, 2.45) is 0 Å². The van der Waals surface area contributed by atoms with E-state index in [9.17, 15) is 9.59 Å². The van der Waals surface area contributed by atoms with Gasteiger partial charge in [0.15, 0.2) is 0 Å². The predicted molar refractivity (Wildman–Crippen MR) is 241 cm³/mol. The predicted octanol–water partition coefficient (Wildman–Crippen LogP) is 12.2. The Hall–Kier alpha value is -1.26. The third-order valence-corrected chi connectivity index (χ3v) is 11.4. The van der Waals surface area contributed by atoms with E-state index >= 15 is 0 Å². The van der Waals surface area contributed by atoms with Crippen molar-refractivity contribution in [3.8, 4) is 0 Å². The van der Waals surface area contributed by atoms with Crippen molar-refractivity contribution in [1.29, 1.82) is 0 Å². The molecule has 1 fully saturated rings. The summed E-state index contributed by atoms with van der Waals surface area (Å²) in [6, 6.07) is 0. The van der Waals surface area contributed by atoms with E-state index in [4.69, 9.17) is 23.7 Å². The fourth-order valence-electron chi connectivity index (χ4n) is 7.94. The molecule has 0 spiro atoms. The Bertz CT molecular complexity index is 919. The number of unbranched alkanes of at least 4 members (excludes halogenated alkanes) is 30. The van der Waals surface area contributed by atoms with E-state index in [1.807, 2.05) is 28.2 Å². The fourth-order valence-corrected chi connectivity index (χ4v) is 7.94. The van der Waals surface area contributed by atoms with Crippen LogP contribution in [0.3, 0.4) is 0 Å². The van der Waals surface area contributed by atoms with Gasteiger partial charge in [-0.15, -0.1) is 0 Å². The van der Waals surface area contributed by atoms with Crippen molar-refractivity contribution in [2.75, 3.05) is 61.1 Å². The molecule has 0 N–H and O–H groups in total. The molecule has 58 heavy (non-hydrogen) atoms. The Morgan fingerprint density at radius 2 is 0.741 bits per heavy atom. The Labute approximate surface area is 359 Å². The molecule has 0 saturated carbocycles. The molecular weight excluding hydrogens is 729 g/mol. The largest absolute Gasteiger partial charge is 0.462 e. The van der Waals surface area contributed by atoms with Crippen LogP contribution in [-0.2, 0) is 33.3 Å². The van der Waals surface area contributed by atoms with Crippen LogP contribution in [0.15, 0.2) is 0 Å². The molecule has 1 aliphatic rings. The molecule has 344 valence electrons. The second-order valence-electron chi connectivity index (χ2n) is 18.0. The number of carbonyl (C=O) groups excluding carboxylic acids is 2. The van der Waals surface area contributed by atoms with E-state index in [0.717, 1.165) is 25.7 Å². The normalized spacial score (nSPS) is 18.1. The standard InChI is InChI=1S/C49H96N2O7/c1-7-9-11-13-15-17-19-21-23-25-27-29-31-33-35-37-39-54-47-44(43-56-45(52)41-50(3)4)57-49(58-46(53)42-51(5)6)48(47)55-40-38-36-34-32-30-28-26-24-22-20-18-16-14-12-10-8-2/h44,47-49H,7-43H2,1-6H3/t44-,47?,48+,49+/m1/s1. The summed E-state index contributed by atoms with van der Waals surface area (Å²) in [5, 5.41) is 0. The van der Waals surface area contributed by atoms with Gasteiger partial charge in [0, 0.05) is 13.2 Å². The van der Waals surface area contributed by atoms with Crippen LogP contribution in [0.2, 0.25) is 0 Å². The third-order valence-electron chi connectivity index (χ3n) is 11.4. The first-order valence-corrected chi connectivity index (χ1v) is 24.8. The van der Waals surface area contributed by atoms with Gasteiger partial charge in [0.2, 0.25) is 6.29 Å². The molecule has 0 aliphatic carbocycles. The van der Waals surface area contributed by atoms with Crippen LogP contribution >= 0.6 is 0 Å². The molecule has 9 nitrogen and oxygen atoms in total. The highest BCUT2D eigenvalue weighted by molar-refractivity contribution is 5.72. The van der Waals surface area contributed by atoms with Crippen LogP contribution in [0.4, 0.5) is 0 Å². The van der Waals surface area contributed by atoms with Crippen molar-refractivity contribution in [2.45, 2.75) is 244 Å². The molecule has 0 aromatic rings. The summed E-state index contributed by atoms with van der Waals surface area (Å²) in [6.07, 6.45) is 39.6. The van der Waals surface area contributed by atoms with E-state index in [1.165, 1.54) is 180 Å². The van der Waals surface area contributed by atoms with E-state index in [2.05, 4.69) is 13.8 Å². The first kappa shape index (κ1) is 54.8. The molecule has 9 heteroatoms. The summed E-state index contributed by atoms with van der Waals surface area (Å²) in [5.74, 6) is -0.711. The van der Waals surface area contributed by atoms with E-state index in [1.54, 1.807) is 9.80 Å². The summed E-state index contributed by atoms with van der Waals surface area (Å²) < 4.78 is 30.6. The molecule has 0 amide bonds. The second-order valence-corrected chi connectivity index (χ2v) is 18.0. The van der Waals surface area contributed by atoms with Crippen molar-refractivity contribution < 1.29 is 33.3 Å². The smallest absolute Gasteiger partial charge is 0.322 e. The maximum absolute atomic E-state index is 12.8. The van der Waals surface area contributed by atoms with Gasteiger partial charge in [-0.1, -0.05) is 206 Å². The highest BCUT2D eigenvalue weighted by Crippen LogP contribution is 2.29. The number of nitrogens with zero attached hydrogens (tertiary/aromatic N) is 2. The maximum atomic E-state index is 12.8. The first-order chi connectivity index (χ1) is 28.3. The van der Waals surface area contributed by atoms with Crippen molar-refractivity contribution >= 4 is 11.9 Å². The number of likely N-dealkylation sites (N-methyl/N-ethyl adjacent to an activating group) is 2. The molecule has 0 bridgehead atoms. The van der Waals surface area contributed by atoms with Gasteiger partial charge in [-0.2, -0.15) is 0 Å². The summed E-state index contributed by atoms with van der Waals surface area (Å²) in [7, 11) is 7.33. The van der Waals surface area contributed by atoms with Crippen LogP contribution in [0.5, 0.6) is 0 Å². The van der Waals surface area contributed by atoms with Gasteiger partial charge >= 0.3 is 11.9 Å². The monoisotopic (exact) mass is 825 g/mol. The topological polar surface area (TPSA) is 86.8 Å². The summed E-state index contributed by atoms with van der Waals surface area (Å²) in [6.45, 7) is 6.01. The number of carbonyl (C=O) groups is 2. The molecule has 0 aromatic carbocycles. The minimum Gasteiger partial charge on any atom is -0.462 e. The van der Waals surface area contributed by atoms with E-state index < -0.39 is 24.6 Å². The number of hydrogen-bond acceptors (Lipinski definition) is 9. The Morgan fingerprint density at radius 1 is 0.431 bits per heavy atom. The summed E-state index contributed by atoms with van der Waals surface area (Å²) in [5.41, 5.74) is 0. The van der Waals surface area contributed by atoms with Gasteiger partial charge in [-0.25, -0.2) is 0 Å². The lowest BCUT2D eigenvalue weighted by molar-refractivity contribution is -0.197. The van der Waals surface area contributed by atoms with E-state index in [-0.39, 0.29) is 31.6 Å². The molecular formula is C49H96N2O7. The Balaban J connectivity index is 2.48.